The Hall–Kier alpha value is -2.35. The molecule has 1 aromatic rings. The summed E-state index contributed by atoms with van der Waals surface area (Å²) in [6.45, 7) is 0.172. The molecule has 2 N–H and O–H groups in total. The summed E-state index contributed by atoms with van der Waals surface area (Å²) < 4.78 is 10.4. The molecule has 1 rings (SSSR count). The topological polar surface area (TPSA) is 67.8 Å². The molecule has 0 atom stereocenters. The summed E-state index contributed by atoms with van der Waals surface area (Å²) in [5.74, 6) is 7.13. The van der Waals surface area contributed by atoms with Gasteiger partial charge in [0.2, 0.25) is 0 Å². The Kier molecular flexibility index (Phi) is 6.83. The lowest BCUT2D eigenvalue weighted by molar-refractivity contribution is 0.196. The fraction of sp³-hybridized carbons (Fsp3) is 0.400. The van der Waals surface area contributed by atoms with Crippen molar-refractivity contribution in [2.75, 3.05) is 20.8 Å². The van der Waals surface area contributed by atoms with Gasteiger partial charge in [-0.15, -0.1) is 5.92 Å². The van der Waals surface area contributed by atoms with Crippen molar-refractivity contribution in [3.63, 3.8) is 0 Å². The van der Waals surface area contributed by atoms with Gasteiger partial charge in [-0.05, 0) is 30.5 Å². The Morgan fingerprint density at radius 2 is 2.00 bits per heavy atom. The zero-order valence-corrected chi connectivity index (χ0v) is 11.7. The van der Waals surface area contributed by atoms with Gasteiger partial charge in [-0.1, -0.05) is 12.0 Å². The van der Waals surface area contributed by atoms with E-state index in [0.29, 0.717) is 0 Å². The highest BCUT2D eigenvalue weighted by molar-refractivity contribution is 5.64. The molecule has 20 heavy (non-hydrogen) atoms. The van der Waals surface area contributed by atoms with Crippen molar-refractivity contribution in [3.8, 4) is 23.3 Å². The lowest BCUT2D eigenvalue weighted by atomic mass is 10.1. The molecule has 0 aromatic heterocycles. The number of carbonyl (C=O) groups is 1. The maximum Gasteiger partial charge on any atom is 0.405 e. The molecule has 1 aromatic carbocycles. The molecule has 0 spiro atoms. The molecule has 0 aliphatic heterocycles. The van der Waals surface area contributed by atoms with Gasteiger partial charge >= 0.3 is 6.09 Å². The van der Waals surface area contributed by atoms with Gasteiger partial charge < -0.3 is 19.9 Å². The summed E-state index contributed by atoms with van der Waals surface area (Å²) >= 11 is 0. The highest BCUT2D eigenvalue weighted by Crippen LogP contribution is 2.27. The first kappa shape index (κ1) is 15.7. The van der Waals surface area contributed by atoms with E-state index in [4.69, 9.17) is 14.6 Å². The molecular weight excluding hydrogens is 258 g/mol. The molecule has 108 valence electrons. The number of methoxy groups -OCH3 is 2. The van der Waals surface area contributed by atoms with Crippen LogP contribution < -0.4 is 14.8 Å². The van der Waals surface area contributed by atoms with Crippen LogP contribution in [0.1, 0.15) is 18.4 Å². The second-order valence-corrected chi connectivity index (χ2v) is 4.06. The average molecular weight is 277 g/mol. The van der Waals surface area contributed by atoms with E-state index in [-0.39, 0.29) is 6.54 Å². The van der Waals surface area contributed by atoms with E-state index in [1.54, 1.807) is 14.2 Å². The molecule has 0 saturated carbocycles. The van der Waals surface area contributed by atoms with Gasteiger partial charge in [-0.25, -0.2) is 4.79 Å². The second kappa shape index (κ2) is 8.70. The van der Waals surface area contributed by atoms with Crippen molar-refractivity contribution in [2.24, 2.45) is 0 Å². The maximum absolute atomic E-state index is 10.2. The summed E-state index contributed by atoms with van der Waals surface area (Å²) in [6.07, 6.45) is 1.48. The molecular formula is C15H19NO4. The van der Waals surface area contributed by atoms with Crippen LogP contribution in [0.2, 0.25) is 0 Å². The number of amides is 1. The smallest absolute Gasteiger partial charge is 0.405 e. The predicted octanol–water partition coefficient (Wildman–Crippen LogP) is 2.30. The molecule has 0 bridgehead atoms. The highest BCUT2D eigenvalue weighted by atomic mass is 16.5. The van der Waals surface area contributed by atoms with Crippen molar-refractivity contribution in [2.45, 2.75) is 19.3 Å². The quantitative estimate of drug-likeness (QED) is 0.618. The normalized spacial score (nSPS) is 9.30. The van der Waals surface area contributed by atoms with E-state index < -0.39 is 6.09 Å². The minimum absolute atomic E-state index is 0.172. The monoisotopic (exact) mass is 277 g/mol. The molecule has 0 aliphatic rings. The molecule has 0 fully saturated rings. The predicted molar refractivity (Wildman–Crippen MR) is 76.3 cm³/mol. The fourth-order valence-corrected chi connectivity index (χ4v) is 1.69. The van der Waals surface area contributed by atoms with Crippen LogP contribution in [0.4, 0.5) is 4.79 Å². The van der Waals surface area contributed by atoms with Crippen LogP contribution >= 0.6 is 0 Å². The van der Waals surface area contributed by atoms with Crippen molar-refractivity contribution >= 4 is 6.09 Å². The van der Waals surface area contributed by atoms with E-state index in [1.165, 1.54) is 0 Å². The van der Waals surface area contributed by atoms with Crippen LogP contribution in [0.15, 0.2) is 18.2 Å². The Bertz CT molecular complexity index is 502. The summed E-state index contributed by atoms with van der Waals surface area (Å²) in [5, 5.41) is 10.6. The van der Waals surface area contributed by atoms with Gasteiger partial charge in [-0.2, -0.15) is 0 Å². The summed E-state index contributed by atoms with van der Waals surface area (Å²) in [4.78, 5) is 10.2. The molecule has 5 heteroatoms. The van der Waals surface area contributed by atoms with Crippen molar-refractivity contribution in [3.05, 3.63) is 23.8 Å². The first-order valence-corrected chi connectivity index (χ1v) is 6.30. The number of aryl methyl sites for hydroxylation is 1. The minimum Gasteiger partial charge on any atom is -0.493 e. The summed E-state index contributed by atoms with van der Waals surface area (Å²) in [5.41, 5.74) is 1.16. The third kappa shape index (κ3) is 5.53. The number of ether oxygens (including phenoxy) is 2. The minimum atomic E-state index is -1.05. The Labute approximate surface area is 118 Å². The van der Waals surface area contributed by atoms with Gasteiger partial charge in [0.15, 0.2) is 11.5 Å². The fourth-order valence-electron chi connectivity index (χ4n) is 1.69. The third-order valence-electron chi connectivity index (χ3n) is 2.67. The Balaban J connectivity index is 2.37. The van der Waals surface area contributed by atoms with Crippen LogP contribution in [0.25, 0.3) is 0 Å². The van der Waals surface area contributed by atoms with E-state index in [9.17, 15) is 4.79 Å². The van der Waals surface area contributed by atoms with Crippen LogP contribution in [-0.4, -0.2) is 32.0 Å². The number of hydrogen-bond donors (Lipinski definition) is 2. The molecule has 0 aliphatic carbocycles. The molecule has 5 nitrogen and oxygen atoms in total. The van der Waals surface area contributed by atoms with Gasteiger partial charge in [0.25, 0.3) is 0 Å². The number of benzene rings is 1. The van der Waals surface area contributed by atoms with Crippen LogP contribution in [-0.2, 0) is 6.42 Å². The van der Waals surface area contributed by atoms with Crippen molar-refractivity contribution < 1.29 is 19.4 Å². The van der Waals surface area contributed by atoms with Gasteiger partial charge in [0.1, 0.15) is 0 Å². The van der Waals surface area contributed by atoms with Gasteiger partial charge in [0.05, 0.1) is 20.8 Å². The van der Waals surface area contributed by atoms with E-state index in [2.05, 4.69) is 17.2 Å². The van der Waals surface area contributed by atoms with E-state index >= 15 is 0 Å². The zero-order chi connectivity index (χ0) is 14.8. The number of unbranched alkanes of at least 4 members (excludes halogenated alkanes) is 1. The number of rotatable bonds is 6. The number of hydrogen-bond acceptors (Lipinski definition) is 3. The third-order valence-corrected chi connectivity index (χ3v) is 2.67. The second-order valence-electron chi connectivity index (χ2n) is 4.06. The highest BCUT2D eigenvalue weighted by Gasteiger charge is 2.03. The van der Waals surface area contributed by atoms with Crippen LogP contribution in [0.3, 0.4) is 0 Å². The van der Waals surface area contributed by atoms with Crippen LogP contribution in [0.5, 0.6) is 11.5 Å². The summed E-state index contributed by atoms with van der Waals surface area (Å²) in [6, 6.07) is 5.84. The molecule has 0 radical (unpaired) electrons. The molecule has 0 heterocycles. The Morgan fingerprint density at radius 3 is 2.65 bits per heavy atom. The average Bonchev–Trinajstić information content (AvgIpc) is 2.45. The molecule has 0 saturated heterocycles. The molecule has 1 amide bonds. The van der Waals surface area contributed by atoms with Gasteiger partial charge in [-0.3, -0.25) is 0 Å². The first-order valence-electron chi connectivity index (χ1n) is 6.30. The van der Waals surface area contributed by atoms with E-state index in [0.717, 1.165) is 36.3 Å². The Morgan fingerprint density at radius 1 is 1.25 bits per heavy atom. The lowest BCUT2D eigenvalue weighted by Crippen LogP contribution is -2.20. The van der Waals surface area contributed by atoms with Gasteiger partial charge in [0, 0.05) is 6.42 Å². The lowest BCUT2D eigenvalue weighted by Gasteiger charge is -2.09. The van der Waals surface area contributed by atoms with E-state index in [1.807, 2.05) is 18.2 Å². The van der Waals surface area contributed by atoms with Crippen molar-refractivity contribution in [1.82, 2.24) is 5.32 Å². The number of carboxylic acid groups (broad SMARTS) is 1. The standard InChI is InChI=1S/C15H19NO4/c1-19-13-9-8-12(11-14(13)20-2)7-5-3-4-6-10-16-15(17)18/h8-9,11,16H,3,5,7,10H2,1-2H3,(H,17,18). The zero-order valence-electron chi connectivity index (χ0n) is 11.7. The SMILES string of the molecule is COc1ccc(CCCC#CCNC(=O)O)cc1OC. The van der Waals surface area contributed by atoms with Crippen molar-refractivity contribution in [1.29, 1.82) is 0 Å². The van der Waals surface area contributed by atoms with Crippen LogP contribution in [0, 0.1) is 11.8 Å². The first-order chi connectivity index (χ1) is 9.67. The summed E-state index contributed by atoms with van der Waals surface area (Å²) in [7, 11) is 3.22. The molecule has 0 unspecified atom stereocenters. The number of nitrogens with one attached hydrogen (secondary N) is 1. The maximum atomic E-state index is 10.2. The largest absolute Gasteiger partial charge is 0.493 e.